The molecule has 0 atom stereocenters. The van der Waals surface area contributed by atoms with Crippen LogP contribution in [0.15, 0.2) is 36.4 Å². The van der Waals surface area contributed by atoms with Crippen LogP contribution in [-0.2, 0) is 0 Å². The molecule has 0 aliphatic rings. The van der Waals surface area contributed by atoms with Crippen LogP contribution >= 0.6 is 11.6 Å². The Morgan fingerprint density at radius 3 is 2.33 bits per heavy atom. The number of ether oxygens (including phenoxy) is 1. The zero-order valence-corrected chi connectivity index (χ0v) is 12.1. The van der Waals surface area contributed by atoms with Gasteiger partial charge in [0.2, 0.25) is 0 Å². The standard InChI is InChI=1S/C14H15ClO.C2H6/c1-2-3-10-16-14-9-8-13(15)11-6-4-5-7-12(11)14;1-2/h4-9H,2-3,10H2,1H3;1-2H3. The second-order valence-electron chi connectivity index (χ2n) is 3.79. The van der Waals surface area contributed by atoms with Gasteiger partial charge in [-0.3, -0.25) is 0 Å². The lowest BCUT2D eigenvalue weighted by molar-refractivity contribution is 0.313. The van der Waals surface area contributed by atoms with Crippen molar-refractivity contribution in [1.82, 2.24) is 0 Å². The molecule has 0 unspecified atom stereocenters. The maximum Gasteiger partial charge on any atom is 0.127 e. The number of hydrogen-bond donors (Lipinski definition) is 0. The van der Waals surface area contributed by atoms with Gasteiger partial charge < -0.3 is 4.74 Å². The first kappa shape index (κ1) is 14.8. The molecule has 98 valence electrons. The van der Waals surface area contributed by atoms with Gasteiger partial charge in [-0.15, -0.1) is 0 Å². The molecule has 0 radical (unpaired) electrons. The molecular formula is C16H21ClO. The number of hydrogen-bond acceptors (Lipinski definition) is 1. The molecule has 1 nitrogen and oxygen atoms in total. The van der Waals surface area contributed by atoms with E-state index in [2.05, 4.69) is 6.92 Å². The van der Waals surface area contributed by atoms with E-state index < -0.39 is 0 Å². The Bertz CT molecular complexity index is 479. The van der Waals surface area contributed by atoms with E-state index in [1.807, 2.05) is 50.2 Å². The predicted molar refractivity (Wildman–Crippen MR) is 80.7 cm³/mol. The van der Waals surface area contributed by atoms with Crippen LogP contribution in [0.25, 0.3) is 10.8 Å². The zero-order chi connectivity index (χ0) is 13.4. The first-order valence-electron chi connectivity index (χ1n) is 6.63. The van der Waals surface area contributed by atoms with Gasteiger partial charge in [0.25, 0.3) is 0 Å². The Kier molecular flexibility index (Phi) is 6.59. The fourth-order valence-electron chi connectivity index (χ4n) is 1.69. The van der Waals surface area contributed by atoms with Gasteiger partial charge in [-0.25, -0.2) is 0 Å². The minimum Gasteiger partial charge on any atom is -0.493 e. The summed E-state index contributed by atoms with van der Waals surface area (Å²) in [6.07, 6.45) is 2.22. The molecule has 2 aromatic carbocycles. The Morgan fingerprint density at radius 1 is 1.00 bits per heavy atom. The molecule has 0 N–H and O–H groups in total. The van der Waals surface area contributed by atoms with Gasteiger partial charge in [0.05, 0.1) is 6.61 Å². The molecule has 2 heteroatoms. The van der Waals surface area contributed by atoms with Crippen molar-refractivity contribution in [2.45, 2.75) is 33.6 Å². The van der Waals surface area contributed by atoms with Crippen LogP contribution in [0.4, 0.5) is 0 Å². The van der Waals surface area contributed by atoms with Crippen molar-refractivity contribution < 1.29 is 4.74 Å². The van der Waals surface area contributed by atoms with E-state index in [0.717, 1.165) is 41.0 Å². The molecule has 2 rings (SSSR count). The van der Waals surface area contributed by atoms with Crippen molar-refractivity contribution in [3.8, 4) is 5.75 Å². The smallest absolute Gasteiger partial charge is 0.127 e. The van der Waals surface area contributed by atoms with Crippen LogP contribution in [-0.4, -0.2) is 6.61 Å². The van der Waals surface area contributed by atoms with Crippen LogP contribution < -0.4 is 4.74 Å². The quantitative estimate of drug-likeness (QED) is 0.644. The predicted octanol–water partition coefficient (Wildman–Crippen LogP) is 5.70. The molecule has 0 heterocycles. The van der Waals surface area contributed by atoms with E-state index >= 15 is 0 Å². The fourth-order valence-corrected chi connectivity index (χ4v) is 1.91. The van der Waals surface area contributed by atoms with Crippen LogP contribution in [0.3, 0.4) is 0 Å². The van der Waals surface area contributed by atoms with Gasteiger partial charge in [-0.1, -0.05) is 63.1 Å². The first-order valence-corrected chi connectivity index (χ1v) is 7.00. The highest BCUT2D eigenvalue weighted by Gasteiger charge is 2.04. The third-order valence-electron chi connectivity index (χ3n) is 2.59. The van der Waals surface area contributed by atoms with Crippen molar-refractivity contribution in [2.24, 2.45) is 0 Å². The fraction of sp³-hybridized carbons (Fsp3) is 0.375. The summed E-state index contributed by atoms with van der Waals surface area (Å²) in [4.78, 5) is 0. The molecule has 0 amide bonds. The first-order chi connectivity index (χ1) is 8.83. The number of unbranched alkanes of at least 4 members (excludes halogenated alkanes) is 1. The second-order valence-corrected chi connectivity index (χ2v) is 4.20. The molecule has 0 aromatic heterocycles. The Hall–Kier alpha value is -1.21. The van der Waals surface area contributed by atoms with E-state index in [0.29, 0.717) is 0 Å². The van der Waals surface area contributed by atoms with Crippen molar-refractivity contribution in [1.29, 1.82) is 0 Å². The lowest BCUT2D eigenvalue weighted by Gasteiger charge is -2.09. The van der Waals surface area contributed by atoms with Gasteiger partial charge in [-0.05, 0) is 18.6 Å². The zero-order valence-electron chi connectivity index (χ0n) is 11.4. The summed E-state index contributed by atoms with van der Waals surface area (Å²) in [6.45, 7) is 6.92. The normalized spacial score (nSPS) is 9.78. The topological polar surface area (TPSA) is 9.23 Å². The summed E-state index contributed by atoms with van der Waals surface area (Å²) >= 11 is 6.13. The van der Waals surface area contributed by atoms with Crippen molar-refractivity contribution in [3.63, 3.8) is 0 Å². The lowest BCUT2D eigenvalue weighted by Crippen LogP contribution is -1.96. The van der Waals surface area contributed by atoms with E-state index in [4.69, 9.17) is 16.3 Å². The summed E-state index contributed by atoms with van der Waals surface area (Å²) in [7, 11) is 0. The molecule has 0 aliphatic heterocycles. The van der Waals surface area contributed by atoms with Gasteiger partial charge in [-0.2, -0.15) is 0 Å². The summed E-state index contributed by atoms with van der Waals surface area (Å²) in [5.41, 5.74) is 0. The second kappa shape index (κ2) is 7.99. The minimum absolute atomic E-state index is 0.766. The number of rotatable bonds is 4. The Morgan fingerprint density at radius 2 is 1.67 bits per heavy atom. The Balaban J connectivity index is 0.000000771. The molecule has 0 saturated carbocycles. The van der Waals surface area contributed by atoms with E-state index in [9.17, 15) is 0 Å². The average Bonchev–Trinajstić information content (AvgIpc) is 2.44. The summed E-state index contributed by atoms with van der Waals surface area (Å²) < 4.78 is 5.76. The van der Waals surface area contributed by atoms with Crippen LogP contribution in [0.5, 0.6) is 5.75 Å². The van der Waals surface area contributed by atoms with Crippen molar-refractivity contribution in [2.75, 3.05) is 6.61 Å². The molecule has 0 fully saturated rings. The minimum atomic E-state index is 0.766. The maximum absolute atomic E-state index is 6.13. The monoisotopic (exact) mass is 264 g/mol. The third kappa shape index (κ3) is 3.64. The average molecular weight is 265 g/mol. The largest absolute Gasteiger partial charge is 0.493 e. The molecule has 2 aromatic rings. The van der Waals surface area contributed by atoms with Gasteiger partial charge in [0.15, 0.2) is 0 Å². The summed E-state index contributed by atoms with van der Waals surface area (Å²) in [5, 5.41) is 2.92. The Labute approximate surface area is 115 Å². The highest BCUT2D eigenvalue weighted by Crippen LogP contribution is 2.31. The number of fused-ring (bicyclic) bond motifs is 1. The summed E-state index contributed by atoms with van der Waals surface area (Å²) in [6, 6.07) is 11.9. The van der Waals surface area contributed by atoms with Gasteiger partial charge in [0, 0.05) is 15.8 Å². The highest BCUT2D eigenvalue weighted by atomic mass is 35.5. The third-order valence-corrected chi connectivity index (χ3v) is 2.92. The van der Waals surface area contributed by atoms with Crippen LogP contribution in [0.1, 0.15) is 33.6 Å². The molecule has 18 heavy (non-hydrogen) atoms. The van der Waals surface area contributed by atoms with Crippen molar-refractivity contribution in [3.05, 3.63) is 41.4 Å². The molecule has 0 saturated heterocycles. The number of halogens is 1. The summed E-state index contributed by atoms with van der Waals surface area (Å²) in [5.74, 6) is 0.924. The van der Waals surface area contributed by atoms with E-state index in [1.54, 1.807) is 0 Å². The molecule has 0 bridgehead atoms. The molecular weight excluding hydrogens is 244 g/mol. The number of benzene rings is 2. The molecule has 0 aliphatic carbocycles. The highest BCUT2D eigenvalue weighted by molar-refractivity contribution is 6.35. The van der Waals surface area contributed by atoms with Crippen molar-refractivity contribution >= 4 is 22.4 Å². The van der Waals surface area contributed by atoms with Crippen LogP contribution in [0.2, 0.25) is 5.02 Å². The molecule has 0 spiro atoms. The van der Waals surface area contributed by atoms with Gasteiger partial charge in [0.1, 0.15) is 5.75 Å². The van der Waals surface area contributed by atoms with Crippen LogP contribution in [0, 0.1) is 0 Å². The van der Waals surface area contributed by atoms with Gasteiger partial charge >= 0.3 is 0 Å². The SMILES string of the molecule is CC.CCCCOc1ccc(Cl)c2ccccc12. The van der Waals surface area contributed by atoms with E-state index in [-0.39, 0.29) is 0 Å². The maximum atomic E-state index is 6.13. The van der Waals surface area contributed by atoms with E-state index in [1.165, 1.54) is 0 Å². The lowest BCUT2D eigenvalue weighted by atomic mass is 10.1.